The fraction of sp³-hybridized carbons (Fsp3) is 0.833. The van der Waals surface area contributed by atoms with Gasteiger partial charge in [0.05, 0.1) is 17.4 Å². The zero-order valence-electron chi connectivity index (χ0n) is 11.9. The molecule has 1 amide bonds. The first-order valence-electron chi connectivity index (χ1n) is 6.22. The second-order valence-corrected chi connectivity index (χ2v) is 7.50. The largest absolute Gasteiger partial charge is 0.481 e. The Kier molecular flexibility index (Phi) is 7.04. The summed E-state index contributed by atoms with van der Waals surface area (Å²) >= 11 is 0. The van der Waals surface area contributed by atoms with Crippen molar-refractivity contribution in [3.05, 3.63) is 0 Å². The highest BCUT2D eigenvalue weighted by molar-refractivity contribution is 7.91. The van der Waals surface area contributed by atoms with Crippen LogP contribution in [0.3, 0.4) is 0 Å². The third-order valence-electron chi connectivity index (χ3n) is 2.61. The van der Waals surface area contributed by atoms with Gasteiger partial charge < -0.3 is 10.0 Å². The smallest absolute Gasteiger partial charge is 0.308 e. The van der Waals surface area contributed by atoms with E-state index in [1.54, 1.807) is 13.8 Å². The van der Waals surface area contributed by atoms with E-state index in [0.29, 0.717) is 0 Å². The molecule has 0 saturated carbocycles. The molecular formula is C12H23NO5S. The molecule has 0 aromatic rings. The second-order valence-electron chi connectivity index (χ2n) is 5.27. The van der Waals surface area contributed by atoms with Crippen molar-refractivity contribution in [2.24, 2.45) is 11.8 Å². The minimum Gasteiger partial charge on any atom is -0.481 e. The van der Waals surface area contributed by atoms with Gasteiger partial charge in [-0.2, -0.15) is 0 Å². The summed E-state index contributed by atoms with van der Waals surface area (Å²) < 4.78 is 23.3. The number of aliphatic carboxylic acids is 1. The van der Waals surface area contributed by atoms with Crippen molar-refractivity contribution in [2.75, 3.05) is 25.1 Å². The van der Waals surface area contributed by atoms with E-state index >= 15 is 0 Å². The predicted octanol–water partition coefficient (Wildman–Crippen LogP) is 0.626. The second kappa shape index (κ2) is 7.47. The molecule has 0 rings (SSSR count). The molecule has 1 N–H and O–H groups in total. The van der Waals surface area contributed by atoms with Crippen molar-refractivity contribution in [2.45, 2.75) is 27.2 Å². The number of hydrogen-bond acceptors (Lipinski definition) is 4. The Balaban J connectivity index is 4.28. The quantitative estimate of drug-likeness (QED) is 0.708. The number of carboxylic acid groups (broad SMARTS) is 1. The zero-order valence-corrected chi connectivity index (χ0v) is 12.7. The molecule has 0 radical (unpaired) electrons. The molecule has 0 aromatic heterocycles. The summed E-state index contributed by atoms with van der Waals surface area (Å²) in [6, 6.07) is 0. The summed E-state index contributed by atoms with van der Waals surface area (Å²) in [6.45, 7) is 5.19. The van der Waals surface area contributed by atoms with Gasteiger partial charge in [0.1, 0.15) is 0 Å². The maximum atomic E-state index is 11.7. The molecule has 0 aromatic carbocycles. The first-order chi connectivity index (χ1) is 8.55. The van der Waals surface area contributed by atoms with Crippen LogP contribution < -0.4 is 0 Å². The van der Waals surface area contributed by atoms with E-state index in [-0.39, 0.29) is 36.3 Å². The van der Waals surface area contributed by atoms with Gasteiger partial charge in [-0.05, 0) is 5.92 Å². The average Bonchev–Trinajstić information content (AvgIpc) is 2.23. The van der Waals surface area contributed by atoms with E-state index in [4.69, 9.17) is 5.11 Å². The van der Waals surface area contributed by atoms with E-state index < -0.39 is 21.7 Å². The van der Waals surface area contributed by atoms with Gasteiger partial charge in [0.25, 0.3) is 0 Å². The van der Waals surface area contributed by atoms with Gasteiger partial charge in [0.2, 0.25) is 5.91 Å². The highest BCUT2D eigenvalue weighted by Gasteiger charge is 2.20. The van der Waals surface area contributed by atoms with Crippen LogP contribution in [0.5, 0.6) is 0 Å². The van der Waals surface area contributed by atoms with Gasteiger partial charge in [0, 0.05) is 20.0 Å². The highest BCUT2D eigenvalue weighted by Crippen LogP contribution is 2.05. The Morgan fingerprint density at radius 1 is 1.21 bits per heavy atom. The molecular weight excluding hydrogens is 270 g/mol. The zero-order chi connectivity index (χ0) is 15.2. The Bertz CT molecular complexity index is 416. The van der Waals surface area contributed by atoms with E-state index in [1.807, 2.05) is 0 Å². The van der Waals surface area contributed by atoms with Crippen LogP contribution in [-0.4, -0.2) is 55.4 Å². The van der Waals surface area contributed by atoms with Crippen LogP contribution in [0, 0.1) is 11.8 Å². The van der Waals surface area contributed by atoms with Crippen molar-refractivity contribution in [1.82, 2.24) is 4.90 Å². The highest BCUT2D eigenvalue weighted by atomic mass is 32.2. The van der Waals surface area contributed by atoms with E-state index in [0.717, 1.165) is 0 Å². The molecule has 1 atom stereocenters. The van der Waals surface area contributed by atoms with Crippen LogP contribution in [0.2, 0.25) is 0 Å². The number of nitrogens with zero attached hydrogens (tertiary/aromatic N) is 1. The Morgan fingerprint density at radius 3 is 2.16 bits per heavy atom. The van der Waals surface area contributed by atoms with Crippen LogP contribution in [-0.2, 0) is 19.4 Å². The molecule has 0 heterocycles. The van der Waals surface area contributed by atoms with Gasteiger partial charge in [-0.25, -0.2) is 8.42 Å². The third kappa shape index (κ3) is 7.81. The standard InChI is InChI=1S/C12H23NO5S/c1-9(2)8-19(17,18)6-5-11(14)13(4)7-10(3)12(15)16/h9-10H,5-8H2,1-4H3,(H,15,16). The van der Waals surface area contributed by atoms with Crippen LogP contribution in [0.15, 0.2) is 0 Å². The normalized spacial score (nSPS) is 13.3. The molecule has 6 nitrogen and oxygen atoms in total. The first kappa shape index (κ1) is 17.9. The number of rotatable bonds is 8. The number of carboxylic acids is 1. The topological polar surface area (TPSA) is 91.8 Å². The maximum Gasteiger partial charge on any atom is 0.308 e. The van der Waals surface area contributed by atoms with Crippen LogP contribution in [0.25, 0.3) is 0 Å². The van der Waals surface area contributed by atoms with E-state index in [1.165, 1.54) is 18.9 Å². The fourth-order valence-corrected chi connectivity index (χ4v) is 3.28. The molecule has 7 heteroatoms. The molecule has 1 unspecified atom stereocenters. The van der Waals surface area contributed by atoms with Crippen molar-refractivity contribution in [3.63, 3.8) is 0 Å². The predicted molar refractivity (Wildman–Crippen MR) is 72.5 cm³/mol. The van der Waals surface area contributed by atoms with Crippen LogP contribution in [0.1, 0.15) is 27.2 Å². The summed E-state index contributed by atoms with van der Waals surface area (Å²) in [5, 5.41) is 8.74. The van der Waals surface area contributed by atoms with Crippen molar-refractivity contribution < 1.29 is 23.1 Å². The number of carbonyl (C=O) groups is 2. The lowest BCUT2D eigenvalue weighted by atomic mass is 10.2. The number of carbonyl (C=O) groups excluding carboxylic acids is 1. The van der Waals surface area contributed by atoms with E-state index in [2.05, 4.69) is 0 Å². The maximum absolute atomic E-state index is 11.7. The number of sulfone groups is 1. The van der Waals surface area contributed by atoms with Gasteiger partial charge in [-0.1, -0.05) is 20.8 Å². The molecule has 0 aliphatic rings. The van der Waals surface area contributed by atoms with Crippen LogP contribution in [0.4, 0.5) is 0 Å². The fourth-order valence-electron chi connectivity index (χ4n) is 1.62. The lowest BCUT2D eigenvalue weighted by Crippen LogP contribution is -2.34. The number of hydrogen-bond donors (Lipinski definition) is 1. The summed E-state index contributed by atoms with van der Waals surface area (Å²) in [7, 11) is -1.74. The average molecular weight is 293 g/mol. The lowest BCUT2D eigenvalue weighted by molar-refractivity contribution is -0.142. The SMILES string of the molecule is CC(C)CS(=O)(=O)CCC(=O)N(C)CC(C)C(=O)O. The lowest BCUT2D eigenvalue weighted by Gasteiger charge is -2.19. The summed E-state index contributed by atoms with van der Waals surface area (Å²) in [5.74, 6) is -2.08. The van der Waals surface area contributed by atoms with Crippen molar-refractivity contribution in [1.29, 1.82) is 0 Å². The molecule has 19 heavy (non-hydrogen) atoms. The van der Waals surface area contributed by atoms with Gasteiger partial charge >= 0.3 is 5.97 Å². The van der Waals surface area contributed by atoms with E-state index in [9.17, 15) is 18.0 Å². The monoisotopic (exact) mass is 293 g/mol. The Hall–Kier alpha value is -1.11. The molecule has 0 spiro atoms. The summed E-state index contributed by atoms with van der Waals surface area (Å²) in [5.41, 5.74) is 0. The summed E-state index contributed by atoms with van der Waals surface area (Å²) in [6.07, 6.45) is -0.0993. The minimum atomic E-state index is -3.22. The number of amides is 1. The minimum absolute atomic E-state index is 0.0323. The molecule has 0 bridgehead atoms. The van der Waals surface area contributed by atoms with Gasteiger partial charge in [-0.15, -0.1) is 0 Å². The van der Waals surface area contributed by atoms with Gasteiger partial charge in [0.15, 0.2) is 9.84 Å². The van der Waals surface area contributed by atoms with Gasteiger partial charge in [-0.3, -0.25) is 9.59 Å². The molecule has 0 aliphatic carbocycles. The summed E-state index contributed by atoms with van der Waals surface area (Å²) in [4.78, 5) is 23.6. The third-order valence-corrected chi connectivity index (χ3v) is 4.61. The molecule has 0 fully saturated rings. The first-order valence-corrected chi connectivity index (χ1v) is 8.04. The molecule has 0 saturated heterocycles. The van der Waals surface area contributed by atoms with Crippen molar-refractivity contribution >= 4 is 21.7 Å². The van der Waals surface area contributed by atoms with Crippen LogP contribution >= 0.6 is 0 Å². The van der Waals surface area contributed by atoms with Crippen molar-refractivity contribution in [3.8, 4) is 0 Å². The Morgan fingerprint density at radius 2 is 1.74 bits per heavy atom. The molecule has 112 valence electrons. The Labute approximate surface area is 114 Å². The molecule has 0 aliphatic heterocycles.